The van der Waals surface area contributed by atoms with Crippen molar-refractivity contribution in [3.05, 3.63) is 59.7 Å². The molecule has 0 aromatic heterocycles. The molecule has 0 spiro atoms. The van der Waals surface area contributed by atoms with E-state index in [1.807, 2.05) is 62.6 Å². The minimum atomic E-state index is -2.60. The summed E-state index contributed by atoms with van der Waals surface area (Å²) in [6, 6.07) is 16.3. The third-order valence-electron chi connectivity index (χ3n) is 4.54. The maximum absolute atomic E-state index is 6.34. The van der Waals surface area contributed by atoms with E-state index < -0.39 is 17.1 Å². The molecule has 2 aromatic carbocycles. The van der Waals surface area contributed by atoms with Gasteiger partial charge in [0.25, 0.3) is 0 Å². The Morgan fingerprint density at radius 2 is 0.833 bits per heavy atom. The standard InChI is InChI=1S/C24H38O4Si2/c1-23(2,3)19-15-11-13-17-21(19)25-29(7,8)27-28-30(9,10)26-22-18-14-12-16-20(22)24(4,5)6/h11-18H,1-10H3. The second-order valence-corrected chi connectivity index (χ2v) is 17.0. The minimum absolute atomic E-state index is 0.0181. The lowest BCUT2D eigenvalue weighted by Crippen LogP contribution is -2.46. The first-order valence-corrected chi connectivity index (χ1v) is 16.2. The second-order valence-electron chi connectivity index (χ2n) is 10.7. The number of rotatable bonds is 7. The number of hydrogen-bond acceptors (Lipinski definition) is 4. The molecule has 0 aliphatic rings. The molecule has 2 aromatic rings. The summed E-state index contributed by atoms with van der Waals surface area (Å²) in [5.41, 5.74) is 2.27. The molecule has 0 fully saturated rings. The van der Waals surface area contributed by atoms with Crippen LogP contribution in [0, 0.1) is 0 Å². The van der Waals surface area contributed by atoms with Gasteiger partial charge in [-0.2, -0.15) is 0 Å². The van der Waals surface area contributed by atoms with Gasteiger partial charge in [0.15, 0.2) is 0 Å². The van der Waals surface area contributed by atoms with Gasteiger partial charge in [-0.15, -0.1) is 0 Å². The zero-order valence-corrected chi connectivity index (χ0v) is 22.3. The SMILES string of the molecule is CC(C)(C)c1ccccc1O[Si](C)(C)OO[Si](C)(C)Oc1ccccc1C(C)(C)C. The number of hydrogen-bond donors (Lipinski definition) is 0. The molecule has 166 valence electrons. The van der Waals surface area contributed by atoms with Crippen LogP contribution in [0.1, 0.15) is 52.7 Å². The molecule has 4 nitrogen and oxygen atoms in total. The molecule has 0 aliphatic heterocycles. The van der Waals surface area contributed by atoms with E-state index in [1.54, 1.807) is 0 Å². The molecule has 6 heteroatoms. The lowest BCUT2D eigenvalue weighted by molar-refractivity contribution is -0.150. The number of para-hydroxylation sites is 2. The Morgan fingerprint density at radius 1 is 0.533 bits per heavy atom. The maximum Gasteiger partial charge on any atom is 0.424 e. The second kappa shape index (κ2) is 8.87. The largest absolute Gasteiger partial charge is 0.519 e. The lowest BCUT2D eigenvalue weighted by Gasteiger charge is -2.32. The Bertz CT molecular complexity index is 777. The van der Waals surface area contributed by atoms with Crippen LogP contribution in [0.25, 0.3) is 0 Å². The fourth-order valence-electron chi connectivity index (χ4n) is 3.11. The molecule has 0 amide bonds. The number of benzene rings is 2. The normalized spacial score (nSPS) is 13.3. The van der Waals surface area contributed by atoms with E-state index in [4.69, 9.17) is 18.0 Å². The highest BCUT2D eigenvalue weighted by molar-refractivity contribution is 6.68. The molecule has 0 unspecified atom stereocenters. The summed E-state index contributed by atoms with van der Waals surface area (Å²) in [5, 5.41) is 0. The van der Waals surface area contributed by atoms with Gasteiger partial charge < -0.3 is 8.85 Å². The van der Waals surface area contributed by atoms with Gasteiger partial charge in [-0.25, -0.2) is 9.15 Å². The average Bonchev–Trinajstić information content (AvgIpc) is 2.59. The third-order valence-corrected chi connectivity index (χ3v) is 7.10. The van der Waals surface area contributed by atoms with E-state index in [1.165, 1.54) is 0 Å². The predicted octanol–water partition coefficient (Wildman–Crippen LogP) is 7.09. The highest BCUT2D eigenvalue weighted by atomic mass is 28.4. The summed E-state index contributed by atoms with van der Waals surface area (Å²) < 4.78 is 24.5. The van der Waals surface area contributed by atoms with Crippen LogP contribution in [-0.4, -0.2) is 17.1 Å². The minimum Gasteiger partial charge on any atom is -0.519 e. The van der Waals surface area contributed by atoms with Crippen LogP contribution in [0.15, 0.2) is 48.5 Å². The zero-order valence-electron chi connectivity index (χ0n) is 20.3. The first-order chi connectivity index (χ1) is 13.6. The molecular formula is C24H38O4Si2. The molecule has 0 saturated carbocycles. The van der Waals surface area contributed by atoms with Crippen molar-refractivity contribution < 1.29 is 18.0 Å². The Morgan fingerprint density at radius 3 is 1.13 bits per heavy atom. The quantitative estimate of drug-likeness (QED) is 0.258. The van der Waals surface area contributed by atoms with Crippen molar-refractivity contribution >= 4 is 17.1 Å². The molecule has 0 radical (unpaired) electrons. The van der Waals surface area contributed by atoms with Crippen molar-refractivity contribution in [3.8, 4) is 11.5 Å². The Balaban J connectivity index is 2.11. The van der Waals surface area contributed by atoms with Crippen LogP contribution >= 0.6 is 0 Å². The van der Waals surface area contributed by atoms with Gasteiger partial charge in [-0.05, 0) is 60.3 Å². The van der Waals surface area contributed by atoms with E-state index in [9.17, 15) is 0 Å². The van der Waals surface area contributed by atoms with Crippen molar-refractivity contribution in [1.82, 2.24) is 0 Å². The maximum atomic E-state index is 6.34. The molecule has 0 heterocycles. The monoisotopic (exact) mass is 446 g/mol. The molecule has 0 saturated heterocycles. The van der Waals surface area contributed by atoms with E-state index in [-0.39, 0.29) is 10.8 Å². The molecule has 0 aliphatic carbocycles. The first-order valence-electron chi connectivity index (χ1n) is 10.5. The summed E-state index contributed by atoms with van der Waals surface area (Å²) in [7, 11) is -5.20. The molecule has 0 atom stereocenters. The fourth-order valence-corrected chi connectivity index (χ4v) is 6.20. The fraction of sp³-hybridized carbons (Fsp3) is 0.500. The third kappa shape index (κ3) is 6.98. The molecule has 0 bridgehead atoms. The lowest BCUT2D eigenvalue weighted by atomic mass is 9.86. The summed E-state index contributed by atoms with van der Waals surface area (Å²) >= 11 is 0. The summed E-state index contributed by atoms with van der Waals surface area (Å²) in [6.07, 6.45) is 0. The van der Waals surface area contributed by atoms with Gasteiger partial charge in [0.1, 0.15) is 11.5 Å². The van der Waals surface area contributed by atoms with Crippen LogP contribution in [0.4, 0.5) is 0 Å². The summed E-state index contributed by atoms with van der Waals surface area (Å²) in [4.78, 5) is 0. The molecule has 30 heavy (non-hydrogen) atoms. The van der Waals surface area contributed by atoms with Crippen molar-refractivity contribution in [2.75, 3.05) is 0 Å². The van der Waals surface area contributed by atoms with Gasteiger partial charge in [0.05, 0.1) is 0 Å². The van der Waals surface area contributed by atoms with Gasteiger partial charge in [-0.1, -0.05) is 77.9 Å². The van der Waals surface area contributed by atoms with Crippen LogP contribution in [0.3, 0.4) is 0 Å². The molecule has 0 N–H and O–H groups in total. The smallest absolute Gasteiger partial charge is 0.424 e. The van der Waals surface area contributed by atoms with Crippen molar-refractivity contribution in [2.24, 2.45) is 0 Å². The summed E-state index contributed by atoms with van der Waals surface area (Å²) in [5.74, 6) is 1.70. The van der Waals surface area contributed by atoms with Crippen LogP contribution in [-0.2, 0) is 20.0 Å². The summed E-state index contributed by atoms with van der Waals surface area (Å²) in [6.45, 7) is 21.0. The van der Waals surface area contributed by atoms with E-state index in [0.717, 1.165) is 22.6 Å². The highest BCUT2D eigenvalue weighted by Crippen LogP contribution is 2.34. The Labute approximate surface area is 185 Å². The first kappa shape index (κ1) is 24.7. The van der Waals surface area contributed by atoms with Gasteiger partial charge >= 0.3 is 17.1 Å². The van der Waals surface area contributed by atoms with Crippen molar-refractivity contribution in [3.63, 3.8) is 0 Å². The zero-order chi connectivity index (χ0) is 22.8. The van der Waals surface area contributed by atoms with Crippen LogP contribution in [0.5, 0.6) is 11.5 Å². The van der Waals surface area contributed by atoms with Gasteiger partial charge in [0, 0.05) is 0 Å². The van der Waals surface area contributed by atoms with Crippen molar-refractivity contribution in [2.45, 2.75) is 78.6 Å². The van der Waals surface area contributed by atoms with Gasteiger partial charge in [-0.3, -0.25) is 0 Å². The van der Waals surface area contributed by atoms with Crippen molar-refractivity contribution in [1.29, 1.82) is 0 Å². The Hall–Kier alpha value is -1.61. The molecule has 2 rings (SSSR count). The molecular weight excluding hydrogens is 408 g/mol. The van der Waals surface area contributed by atoms with E-state index >= 15 is 0 Å². The van der Waals surface area contributed by atoms with E-state index in [2.05, 4.69) is 53.7 Å². The highest BCUT2D eigenvalue weighted by Gasteiger charge is 2.38. The Kier molecular flexibility index (Phi) is 7.29. The predicted molar refractivity (Wildman–Crippen MR) is 129 cm³/mol. The topological polar surface area (TPSA) is 36.9 Å². The average molecular weight is 447 g/mol. The van der Waals surface area contributed by atoms with Crippen LogP contribution < -0.4 is 8.85 Å². The van der Waals surface area contributed by atoms with Crippen LogP contribution in [0.2, 0.25) is 26.2 Å². The van der Waals surface area contributed by atoms with Gasteiger partial charge in [0.2, 0.25) is 0 Å². The van der Waals surface area contributed by atoms with E-state index in [0.29, 0.717) is 0 Å².